The molecule has 3 rings (SSSR count). The Kier molecular flexibility index (Phi) is 3.98. The van der Waals surface area contributed by atoms with E-state index in [-0.39, 0.29) is 0 Å². The first-order chi connectivity index (χ1) is 10.2. The van der Waals surface area contributed by atoms with Gasteiger partial charge in [-0.2, -0.15) is 0 Å². The first-order valence-electron chi connectivity index (χ1n) is 7.65. The molecule has 2 aromatic rings. The van der Waals surface area contributed by atoms with E-state index in [1.165, 1.54) is 40.7 Å². The molecule has 0 bridgehead atoms. The summed E-state index contributed by atoms with van der Waals surface area (Å²) >= 11 is 0. The van der Waals surface area contributed by atoms with E-state index in [0.717, 1.165) is 18.3 Å². The van der Waals surface area contributed by atoms with Crippen LogP contribution in [0.25, 0.3) is 11.1 Å². The molecular weight excluding hydrogens is 258 g/mol. The summed E-state index contributed by atoms with van der Waals surface area (Å²) in [4.78, 5) is 0. The van der Waals surface area contributed by atoms with Gasteiger partial charge in [-0.1, -0.05) is 29.8 Å². The number of rotatable bonds is 5. The lowest BCUT2D eigenvalue weighted by atomic mass is 9.94. The molecule has 0 radical (unpaired) electrons. The van der Waals surface area contributed by atoms with Gasteiger partial charge in [-0.15, -0.1) is 0 Å². The maximum Gasteiger partial charge on any atom is 0.119 e. The van der Waals surface area contributed by atoms with Crippen molar-refractivity contribution < 1.29 is 4.74 Å². The topological polar surface area (TPSA) is 21.3 Å². The van der Waals surface area contributed by atoms with Crippen molar-refractivity contribution in [3.8, 4) is 16.9 Å². The van der Waals surface area contributed by atoms with E-state index in [4.69, 9.17) is 4.74 Å². The van der Waals surface area contributed by atoms with Crippen LogP contribution in [0.2, 0.25) is 0 Å². The molecule has 0 heterocycles. The summed E-state index contributed by atoms with van der Waals surface area (Å²) in [5.74, 6) is 0.918. The minimum Gasteiger partial charge on any atom is -0.497 e. The summed E-state index contributed by atoms with van der Waals surface area (Å²) in [5.41, 5.74) is 6.57. The highest BCUT2D eigenvalue weighted by atomic mass is 16.5. The van der Waals surface area contributed by atoms with Crippen molar-refractivity contribution in [3.63, 3.8) is 0 Å². The van der Waals surface area contributed by atoms with Crippen LogP contribution in [-0.2, 0) is 6.54 Å². The SMILES string of the molecule is COc1ccc(-c2cc(C)ccc2CNC2CC2)c(C)c1. The molecule has 0 atom stereocenters. The van der Waals surface area contributed by atoms with E-state index in [1.54, 1.807) is 7.11 Å². The van der Waals surface area contributed by atoms with E-state index in [2.05, 4.69) is 49.5 Å². The van der Waals surface area contributed by atoms with Gasteiger partial charge in [0.2, 0.25) is 0 Å². The Hall–Kier alpha value is -1.80. The molecule has 0 unspecified atom stereocenters. The molecule has 1 aliphatic rings. The fraction of sp³-hybridized carbons (Fsp3) is 0.368. The summed E-state index contributed by atoms with van der Waals surface area (Å²) < 4.78 is 5.31. The van der Waals surface area contributed by atoms with Crippen LogP contribution >= 0.6 is 0 Å². The molecule has 0 amide bonds. The normalized spacial score (nSPS) is 14.2. The largest absolute Gasteiger partial charge is 0.497 e. The predicted octanol–water partition coefficient (Wildman–Crippen LogP) is 4.23. The van der Waals surface area contributed by atoms with Gasteiger partial charge < -0.3 is 10.1 Å². The number of ether oxygens (including phenoxy) is 1. The van der Waals surface area contributed by atoms with Gasteiger partial charge in [-0.25, -0.2) is 0 Å². The molecule has 1 N–H and O–H groups in total. The lowest BCUT2D eigenvalue weighted by molar-refractivity contribution is 0.414. The van der Waals surface area contributed by atoms with Gasteiger partial charge in [0.25, 0.3) is 0 Å². The molecule has 110 valence electrons. The van der Waals surface area contributed by atoms with E-state index >= 15 is 0 Å². The molecule has 0 spiro atoms. The van der Waals surface area contributed by atoms with Crippen LogP contribution in [0, 0.1) is 13.8 Å². The average Bonchev–Trinajstić information content (AvgIpc) is 3.30. The number of aryl methyl sites for hydroxylation is 2. The fourth-order valence-corrected chi connectivity index (χ4v) is 2.70. The molecular formula is C19H23NO. The monoisotopic (exact) mass is 281 g/mol. The second kappa shape index (κ2) is 5.90. The zero-order chi connectivity index (χ0) is 14.8. The molecule has 21 heavy (non-hydrogen) atoms. The van der Waals surface area contributed by atoms with Crippen LogP contribution < -0.4 is 10.1 Å². The van der Waals surface area contributed by atoms with Crippen LogP contribution in [0.5, 0.6) is 5.75 Å². The first-order valence-corrected chi connectivity index (χ1v) is 7.65. The van der Waals surface area contributed by atoms with Gasteiger partial charge in [0.15, 0.2) is 0 Å². The molecule has 0 aromatic heterocycles. The molecule has 1 aliphatic carbocycles. The minimum absolute atomic E-state index is 0.733. The smallest absolute Gasteiger partial charge is 0.119 e. The van der Waals surface area contributed by atoms with Gasteiger partial charge in [0.05, 0.1) is 7.11 Å². The molecule has 2 aromatic carbocycles. The summed E-state index contributed by atoms with van der Waals surface area (Å²) in [7, 11) is 1.71. The van der Waals surface area contributed by atoms with Gasteiger partial charge in [-0.05, 0) is 61.1 Å². The maximum absolute atomic E-state index is 5.31. The Balaban J connectivity index is 1.96. The van der Waals surface area contributed by atoms with E-state index in [9.17, 15) is 0 Å². The number of benzene rings is 2. The van der Waals surface area contributed by atoms with Crippen molar-refractivity contribution in [1.29, 1.82) is 0 Å². The maximum atomic E-state index is 5.31. The highest BCUT2D eigenvalue weighted by molar-refractivity contribution is 5.72. The second-order valence-electron chi connectivity index (χ2n) is 6.00. The number of hydrogen-bond donors (Lipinski definition) is 1. The van der Waals surface area contributed by atoms with Crippen LogP contribution in [-0.4, -0.2) is 13.2 Å². The minimum atomic E-state index is 0.733. The second-order valence-corrected chi connectivity index (χ2v) is 6.00. The van der Waals surface area contributed by atoms with Crippen molar-refractivity contribution in [3.05, 3.63) is 53.1 Å². The Labute approximate surface area is 127 Å². The van der Waals surface area contributed by atoms with Gasteiger partial charge in [0, 0.05) is 12.6 Å². The number of nitrogens with one attached hydrogen (secondary N) is 1. The van der Waals surface area contributed by atoms with Gasteiger partial charge >= 0.3 is 0 Å². The molecule has 2 nitrogen and oxygen atoms in total. The summed E-state index contributed by atoms with van der Waals surface area (Å²) in [6, 6.07) is 13.8. The van der Waals surface area contributed by atoms with Gasteiger partial charge in [-0.3, -0.25) is 0 Å². The Bertz CT molecular complexity index is 644. The van der Waals surface area contributed by atoms with Crippen LogP contribution in [0.15, 0.2) is 36.4 Å². The van der Waals surface area contributed by atoms with Crippen molar-refractivity contribution in [2.24, 2.45) is 0 Å². The first kappa shape index (κ1) is 14.2. The third-order valence-electron chi connectivity index (χ3n) is 4.15. The Morgan fingerprint density at radius 1 is 1.05 bits per heavy atom. The predicted molar refractivity (Wildman–Crippen MR) is 87.8 cm³/mol. The Morgan fingerprint density at radius 2 is 1.86 bits per heavy atom. The van der Waals surface area contributed by atoms with E-state index < -0.39 is 0 Å². The summed E-state index contributed by atoms with van der Waals surface area (Å²) in [6.07, 6.45) is 2.64. The quantitative estimate of drug-likeness (QED) is 0.885. The van der Waals surface area contributed by atoms with Crippen molar-refractivity contribution in [2.75, 3.05) is 7.11 Å². The van der Waals surface area contributed by atoms with Crippen molar-refractivity contribution in [1.82, 2.24) is 5.32 Å². The molecule has 1 saturated carbocycles. The average molecular weight is 281 g/mol. The summed E-state index contributed by atoms with van der Waals surface area (Å²) in [5, 5.41) is 3.62. The molecule has 2 heteroatoms. The van der Waals surface area contributed by atoms with Crippen molar-refractivity contribution in [2.45, 2.75) is 39.3 Å². The van der Waals surface area contributed by atoms with Crippen LogP contribution in [0.1, 0.15) is 29.5 Å². The standard InChI is InChI=1S/C19H23NO/c1-13-4-5-15(12-20-16-6-7-16)19(10-13)18-9-8-17(21-3)11-14(18)2/h4-5,8-11,16,20H,6-7,12H2,1-3H3. The van der Waals surface area contributed by atoms with Crippen LogP contribution in [0.4, 0.5) is 0 Å². The molecule has 0 aliphatic heterocycles. The van der Waals surface area contributed by atoms with E-state index in [0.29, 0.717) is 0 Å². The summed E-state index contributed by atoms with van der Waals surface area (Å²) in [6.45, 7) is 5.25. The highest BCUT2D eigenvalue weighted by Crippen LogP contribution is 2.31. The van der Waals surface area contributed by atoms with E-state index in [1.807, 2.05) is 6.07 Å². The highest BCUT2D eigenvalue weighted by Gasteiger charge is 2.20. The Morgan fingerprint density at radius 3 is 2.52 bits per heavy atom. The lowest BCUT2D eigenvalue weighted by Crippen LogP contribution is -2.16. The van der Waals surface area contributed by atoms with Crippen LogP contribution in [0.3, 0.4) is 0 Å². The zero-order valence-electron chi connectivity index (χ0n) is 13.1. The molecule has 1 fully saturated rings. The fourth-order valence-electron chi connectivity index (χ4n) is 2.70. The number of methoxy groups -OCH3 is 1. The zero-order valence-corrected chi connectivity index (χ0v) is 13.1. The third kappa shape index (κ3) is 3.27. The number of hydrogen-bond acceptors (Lipinski definition) is 2. The van der Waals surface area contributed by atoms with Crippen molar-refractivity contribution >= 4 is 0 Å². The lowest BCUT2D eigenvalue weighted by Gasteiger charge is -2.14. The van der Waals surface area contributed by atoms with Gasteiger partial charge in [0.1, 0.15) is 5.75 Å². The molecule has 0 saturated heterocycles. The third-order valence-corrected chi connectivity index (χ3v) is 4.15.